The number of hydrazine groups is 1. The number of benzene rings is 1. The molecule has 0 spiro atoms. The van der Waals surface area contributed by atoms with Crippen LogP contribution in [-0.4, -0.2) is 12.5 Å². The topological polar surface area (TPSA) is 64.3 Å². The normalized spacial score (nSPS) is 11.2. The number of aryl methyl sites for hydroxylation is 1. The summed E-state index contributed by atoms with van der Waals surface area (Å²) >= 11 is 6.02. The molecule has 5 heteroatoms. The molecule has 0 saturated carbocycles. The van der Waals surface area contributed by atoms with Gasteiger partial charge < -0.3 is 4.74 Å². The van der Waals surface area contributed by atoms with Gasteiger partial charge in [0.25, 0.3) is 0 Å². The van der Waals surface area contributed by atoms with Gasteiger partial charge in [-0.05, 0) is 44.0 Å². The Morgan fingerprint density at radius 2 is 2.17 bits per heavy atom. The Morgan fingerprint density at radius 3 is 2.72 bits per heavy atom. The summed E-state index contributed by atoms with van der Waals surface area (Å²) in [5, 5.41) is 0.726. The molecule has 1 rings (SSSR count). The van der Waals surface area contributed by atoms with Crippen molar-refractivity contribution in [2.45, 2.75) is 27.2 Å². The minimum absolute atomic E-state index is 0.251. The highest BCUT2D eigenvalue weighted by molar-refractivity contribution is 6.31. The first-order valence-corrected chi connectivity index (χ1v) is 6.20. The molecule has 1 aromatic carbocycles. The number of hydrogen-bond donors (Lipinski definition) is 2. The summed E-state index contributed by atoms with van der Waals surface area (Å²) < 4.78 is 5.62. The molecule has 0 unspecified atom stereocenters. The van der Waals surface area contributed by atoms with E-state index in [1.165, 1.54) is 0 Å². The van der Waals surface area contributed by atoms with E-state index >= 15 is 0 Å². The van der Waals surface area contributed by atoms with Gasteiger partial charge in [-0.3, -0.25) is 10.2 Å². The lowest BCUT2D eigenvalue weighted by Gasteiger charge is -2.22. The molecule has 0 aliphatic rings. The van der Waals surface area contributed by atoms with Crippen LogP contribution in [-0.2, 0) is 11.2 Å². The molecule has 0 atom stereocenters. The molecule has 4 nitrogen and oxygen atoms in total. The van der Waals surface area contributed by atoms with Gasteiger partial charge in [-0.15, -0.1) is 0 Å². The molecule has 100 valence electrons. The summed E-state index contributed by atoms with van der Waals surface area (Å²) in [7, 11) is 0. The maximum Gasteiger partial charge on any atom is 0.242 e. The first-order valence-electron chi connectivity index (χ1n) is 5.83. The van der Waals surface area contributed by atoms with Crippen LogP contribution in [0.25, 0.3) is 0 Å². The minimum atomic E-state index is -0.680. The summed E-state index contributed by atoms with van der Waals surface area (Å²) in [5.41, 5.74) is 2.48. The summed E-state index contributed by atoms with van der Waals surface area (Å²) in [4.78, 5) is 11.5. The third-order valence-corrected chi connectivity index (χ3v) is 3.11. The van der Waals surface area contributed by atoms with E-state index < -0.39 is 5.41 Å². The third-order valence-electron chi connectivity index (χ3n) is 2.74. The average Bonchev–Trinajstić information content (AvgIpc) is 2.36. The fourth-order valence-electron chi connectivity index (χ4n) is 1.44. The third kappa shape index (κ3) is 3.62. The second-order valence-electron chi connectivity index (χ2n) is 4.75. The van der Waals surface area contributed by atoms with Crippen LogP contribution in [0.4, 0.5) is 0 Å². The van der Waals surface area contributed by atoms with Crippen LogP contribution in [0, 0.1) is 5.41 Å². The van der Waals surface area contributed by atoms with E-state index in [1.54, 1.807) is 26.0 Å². The molecule has 0 bridgehead atoms. The molecule has 0 radical (unpaired) electrons. The van der Waals surface area contributed by atoms with Crippen LogP contribution in [0.1, 0.15) is 26.3 Å². The number of nitrogens with two attached hydrogens (primary N) is 1. The van der Waals surface area contributed by atoms with Gasteiger partial charge in [0.05, 0.1) is 5.41 Å². The standard InChI is InChI=1S/C13H19ClN2O2/c1-4-9-7-10(5-6-11(9)14)18-8-13(2,3)12(17)16-15/h5-7H,4,8,15H2,1-3H3,(H,16,17). The zero-order valence-corrected chi connectivity index (χ0v) is 11.7. The van der Waals surface area contributed by atoms with Crippen LogP contribution in [0.2, 0.25) is 5.02 Å². The lowest BCUT2D eigenvalue weighted by Crippen LogP contribution is -2.44. The van der Waals surface area contributed by atoms with Crippen molar-refractivity contribution in [2.24, 2.45) is 11.3 Å². The average molecular weight is 271 g/mol. The van der Waals surface area contributed by atoms with Gasteiger partial charge in [-0.2, -0.15) is 0 Å². The number of rotatable bonds is 5. The van der Waals surface area contributed by atoms with E-state index in [0.29, 0.717) is 5.75 Å². The maximum atomic E-state index is 11.5. The fourth-order valence-corrected chi connectivity index (χ4v) is 1.69. The van der Waals surface area contributed by atoms with Crippen molar-refractivity contribution in [3.8, 4) is 5.75 Å². The molecular weight excluding hydrogens is 252 g/mol. The number of hydrogen-bond acceptors (Lipinski definition) is 3. The molecule has 0 aliphatic heterocycles. The molecule has 18 heavy (non-hydrogen) atoms. The van der Waals surface area contributed by atoms with Crippen LogP contribution in [0.5, 0.6) is 5.75 Å². The van der Waals surface area contributed by atoms with E-state index in [1.807, 2.05) is 13.0 Å². The Morgan fingerprint density at radius 1 is 1.50 bits per heavy atom. The lowest BCUT2D eigenvalue weighted by atomic mass is 9.94. The molecule has 0 aliphatic carbocycles. The smallest absolute Gasteiger partial charge is 0.242 e. The van der Waals surface area contributed by atoms with Gasteiger partial charge in [-0.25, -0.2) is 5.84 Å². The molecule has 3 N–H and O–H groups in total. The van der Waals surface area contributed by atoms with Gasteiger partial charge in [-0.1, -0.05) is 18.5 Å². The number of halogens is 1. The second-order valence-corrected chi connectivity index (χ2v) is 5.16. The van der Waals surface area contributed by atoms with Crippen molar-refractivity contribution >= 4 is 17.5 Å². The molecule has 0 aromatic heterocycles. The summed E-state index contributed by atoms with van der Waals surface area (Å²) in [6, 6.07) is 5.47. The zero-order chi connectivity index (χ0) is 13.8. The number of amides is 1. The first-order chi connectivity index (χ1) is 8.40. The largest absolute Gasteiger partial charge is 0.492 e. The van der Waals surface area contributed by atoms with Gasteiger partial charge in [0.1, 0.15) is 12.4 Å². The Bertz CT molecular complexity index is 433. The lowest BCUT2D eigenvalue weighted by molar-refractivity contribution is -0.130. The van der Waals surface area contributed by atoms with Crippen LogP contribution >= 0.6 is 11.6 Å². The highest BCUT2D eigenvalue weighted by Gasteiger charge is 2.28. The number of carbonyl (C=O) groups is 1. The first kappa shape index (κ1) is 14.8. The minimum Gasteiger partial charge on any atom is -0.492 e. The maximum absolute atomic E-state index is 11.5. The molecular formula is C13H19ClN2O2. The Labute approximate surface area is 112 Å². The van der Waals surface area contributed by atoms with Crippen LogP contribution in [0.15, 0.2) is 18.2 Å². The highest BCUT2D eigenvalue weighted by Crippen LogP contribution is 2.24. The predicted molar refractivity (Wildman–Crippen MR) is 72.4 cm³/mol. The highest BCUT2D eigenvalue weighted by atomic mass is 35.5. The van der Waals surface area contributed by atoms with Crippen molar-refractivity contribution in [3.63, 3.8) is 0 Å². The van der Waals surface area contributed by atoms with Crippen molar-refractivity contribution in [1.82, 2.24) is 5.43 Å². The van der Waals surface area contributed by atoms with Crippen molar-refractivity contribution in [1.29, 1.82) is 0 Å². The SMILES string of the molecule is CCc1cc(OCC(C)(C)C(=O)NN)ccc1Cl. The number of ether oxygens (including phenoxy) is 1. The van der Waals surface area contributed by atoms with E-state index in [4.69, 9.17) is 22.2 Å². The number of nitrogens with one attached hydrogen (secondary N) is 1. The van der Waals surface area contributed by atoms with Gasteiger partial charge in [0, 0.05) is 5.02 Å². The fraction of sp³-hybridized carbons (Fsp3) is 0.462. The Hall–Kier alpha value is -1.26. The predicted octanol–water partition coefficient (Wildman–Crippen LogP) is 2.30. The zero-order valence-electron chi connectivity index (χ0n) is 10.9. The quantitative estimate of drug-likeness (QED) is 0.490. The van der Waals surface area contributed by atoms with Crippen molar-refractivity contribution < 1.29 is 9.53 Å². The summed E-state index contributed by atoms with van der Waals surface area (Å²) in [6.45, 7) is 5.81. The van der Waals surface area contributed by atoms with E-state index in [9.17, 15) is 4.79 Å². The van der Waals surface area contributed by atoms with Gasteiger partial charge >= 0.3 is 0 Å². The van der Waals surface area contributed by atoms with Gasteiger partial charge in [0.2, 0.25) is 5.91 Å². The second kappa shape index (κ2) is 6.07. The van der Waals surface area contributed by atoms with E-state index in [0.717, 1.165) is 17.0 Å². The Balaban J connectivity index is 2.72. The molecule has 0 fully saturated rings. The van der Waals surface area contributed by atoms with E-state index in [-0.39, 0.29) is 12.5 Å². The van der Waals surface area contributed by atoms with Crippen LogP contribution < -0.4 is 16.0 Å². The van der Waals surface area contributed by atoms with Crippen molar-refractivity contribution in [3.05, 3.63) is 28.8 Å². The molecule has 1 amide bonds. The Kier molecular flexibility index (Phi) is 4.99. The van der Waals surface area contributed by atoms with E-state index in [2.05, 4.69) is 5.43 Å². The molecule has 0 heterocycles. The molecule has 1 aromatic rings. The summed E-state index contributed by atoms with van der Waals surface area (Å²) in [6.07, 6.45) is 0.836. The van der Waals surface area contributed by atoms with Crippen LogP contribution in [0.3, 0.4) is 0 Å². The van der Waals surface area contributed by atoms with Crippen molar-refractivity contribution in [2.75, 3.05) is 6.61 Å². The molecule has 0 saturated heterocycles. The van der Waals surface area contributed by atoms with Gasteiger partial charge in [0.15, 0.2) is 0 Å². The number of carbonyl (C=O) groups excluding carboxylic acids is 1. The summed E-state index contributed by atoms with van der Waals surface area (Å²) in [5.74, 6) is 5.57. The monoisotopic (exact) mass is 270 g/mol.